The Morgan fingerprint density at radius 3 is 2.89 bits per heavy atom. The molecule has 1 amide bonds. The van der Waals surface area contributed by atoms with E-state index in [0.29, 0.717) is 6.42 Å². The molecule has 2 unspecified atom stereocenters. The molecule has 104 valence electrons. The largest absolute Gasteiger partial charge is 0.481 e. The minimum Gasteiger partial charge on any atom is -0.481 e. The van der Waals surface area contributed by atoms with Crippen molar-refractivity contribution in [2.24, 2.45) is 0 Å². The second kappa shape index (κ2) is 6.36. The lowest BCUT2D eigenvalue weighted by Crippen LogP contribution is -2.38. The summed E-state index contributed by atoms with van der Waals surface area (Å²) >= 11 is 0. The van der Waals surface area contributed by atoms with Gasteiger partial charge in [0.15, 0.2) is 0 Å². The number of carbonyl (C=O) groups is 2. The van der Waals surface area contributed by atoms with Crippen LogP contribution in [0.15, 0.2) is 18.7 Å². The number of carboxylic acids is 1. The number of aliphatic carboxylic acids is 1. The van der Waals surface area contributed by atoms with Crippen molar-refractivity contribution in [1.82, 2.24) is 14.9 Å². The molecule has 0 aromatic carbocycles. The van der Waals surface area contributed by atoms with Crippen molar-refractivity contribution in [2.75, 3.05) is 0 Å². The number of imidazole rings is 1. The third-order valence-corrected chi connectivity index (χ3v) is 3.53. The Hall–Kier alpha value is -1.85. The van der Waals surface area contributed by atoms with Gasteiger partial charge in [0.2, 0.25) is 5.91 Å². The van der Waals surface area contributed by atoms with E-state index in [1.165, 1.54) is 0 Å². The lowest BCUT2D eigenvalue weighted by Gasteiger charge is -2.22. The summed E-state index contributed by atoms with van der Waals surface area (Å²) in [5.74, 6) is -0.914. The molecular formula is C13H19N3O3. The molecule has 19 heavy (non-hydrogen) atoms. The topological polar surface area (TPSA) is 84.2 Å². The maximum atomic E-state index is 11.8. The Morgan fingerprint density at radius 1 is 1.37 bits per heavy atom. The lowest BCUT2D eigenvalue weighted by atomic mass is 10.1. The first kappa shape index (κ1) is 13.6. The summed E-state index contributed by atoms with van der Waals surface area (Å²) in [5, 5.41) is 11.5. The number of carbonyl (C=O) groups excluding carboxylic acids is 1. The van der Waals surface area contributed by atoms with E-state index in [9.17, 15) is 9.59 Å². The molecule has 0 spiro atoms. The van der Waals surface area contributed by atoms with Gasteiger partial charge in [-0.3, -0.25) is 9.59 Å². The predicted octanol–water partition coefficient (Wildman–Crippen LogP) is 1.35. The maximum Gasteiger partial charge on any atom is 0.303 e. The van der Waals surface area contributed by atoms with Gasteiger partial charge in [-0.25, -0.2) is 4.98 Å². The number of amides is 1. The van der Waals surface area contributed by atoms with Gasteiger partial charge in [-0.2, -0.15) is 0 Å². The number of nitrogens with zero attached hydrogens (tertiary/aromatic N) is 2. The summed E-state index contributed by atoms with van der Waals surface area (Å²) in [7, 11) is 0. The molecule has 1 aromatic heterocycles. The van der Waals surface area contributed by atoms with E-state index in [4.69, 9.17) is 5.11 Å². The highest BCUT2D eigenvalue weighted by Crippen LogP contribution is 2.29. The monoisotopic (exact) mass is 265 g/mol. The van der Waals surface area contributed by atoms with Gasteiger partial charge < -0.3 is 15.0 Å². The number of carboxylic acid groups (broad SMARTS) is 1. The molecule has 1 aliphatic carbocycles. The molecular weight excluding hydrogens is 246 g/mol. The number of hydrogen-bond donors (Lipinski definition) is 2. The number of aromatic nitrogens is 2. The van der Waals surface area contributed by atoms with Gasteiger partial charge in [0.25, 0.3) is 0 Å². The van der Waals surface area contributed by atoms with Crippen LogP contribution >= 0.6 is 0 Å². The highest BCUT2D eigenvalue weighted by atomic mass is 16.4. The van der Waals surface area contributed by atoms with Crippen LogP contribution in [-0.4, -0.2) is 32.6 Å². The van der Waals surface area contributed by atoms with Gasteiger partial charge in [0.05, 0.1) is 12.4 Å². The normalized spacial score (nSPS) is 22.3. The molecule has 1 aromatic rings. The fourth-order valence-electron chi connectivity index (χ4n) is 2.61. The molecule has 2 N–H and O–H groups in total. The van der Waals surface area contributed by atoms with Crippen molar-refractivity contribution in [3.05, 3.63) is 18.7 Å². The highest BCUT2D eigenvalue weighted by molar-refractivity contribution is 5.77. The Labute approximate surface area is 111 Å². The van der Waals surface area contributed by atoms with Crippen LogP contribution in [0.2, 0.25) is 0 Å². The van der Waals surface area contributed by atoms with Gasteiger partial charge in [0.1, 0.15) is 0 Å². The van der Waals surface area contributed by atoms with Crippen LogP contribution in [0, 0.1) is 0 Å². The van der Waals surface area contributed by atoms with Crippen molar-refractivity contribution < 1.29 is 14.7 Å². The van der Waals surface area contributed by atoms with E-state index in [1.807, 2.05) is 10.8 Å². The first-order valence-corrected chi connectivity index (χ1v) is 6.65. The molecule has 0 radical (unpaired) electrons. The molecule has 1 saturated carbocycles. The summed E-state index contributed by atoms with van der Waals surface area (Å²) in [6, 6.07) is 0.400. The summed E-state index contributed by atoms with van der Waals surface area (Å²) in [4.78, 5) is 26.2. The zero-order valence-electron chi connectivity index (χ0n) is 10.8. The third-order valence-electron chi connectivity index (χ3n) is 3.53. The fraction of sp³-hybridized carbons (Fsp3) is 0.615. The number of rotatable bonds is 6. The van der Waals surface area contributed by atoms with E-state index in [-0.39, 0.29) is 30.8 Å². The van der Waals surface area contributed by atoms with Crippen molar-refractivity contribution in [2.45, 2.75) is 50.6 Å². The molecule has 0 aliphatic heterocycles. The molecule has 6 heteroatoms. The average Bonchev–Trinajstić information content (AvgIpc) is 2.97. The van der Waals surface area contributed by atoms with Gasteiger partial charge in [-0.1, -0.05) is 0 Å². The standard InChI is InChI=1S/C13H19N3O3/c17-12(5-2-6-13(18)19)15-10-3-1-4-11(10)16-8-7-14-9-16/h7-11H,1-6H2,(H,15,17)(H,18,19). The molecule has 1 heterocycles. The minimum absolute atomic E-state index is 0.0447. The van der Waals surface area contributed by atoms with Crippen molar-refractivity contribution in [3.63, 3.8) is 0 Å². The first-order valence-electron chi connectivity index (χ1n) is 6.65. The quantitative estimate of drug-likeness (QED) is 0.813. The third kappa shape index (κ3) is 3.81. The zero-order chi connectivity index (χ0) is 13.7. The second-order valence-corrected chi connectivity index (χ2v) is 4.93. The molecule has 1 fully saturated rings. The van der Waals surface area contributed by atoms with Crippen LogP contribution in [0.3, 0.4) is 0 Å². The Kier molecular flexibility index (Phi) is 4.54. The van der Waals surface area contributed by atoms with Gasteiger partial charge in [0, 0.05) is 31.3 Å². The lowest BCUT2D eigenvalue weighted by molar-refractivity contribution is -0.137. The Balaban J connectivity index is 1.81. The van der Waals surface area contributed by atoms with E-state index >= 15 is 0 Å². The molecule has 2 atom stereocenters. The predicted molar refractivity (Wildman–Crippen MR) is 68.5 cm³/mol. The molecule has 6 nitrogen and oxygen atoms in total. The van der Waals surface area contributed by atoms with Crippen LogP contribution in [0.5, 0.6) is 0 Å². The summed E-state index contributed by atoms with van der Waals surface area (Å²) < 4.78 is 2.04. The van der Waals surface area contributed by atoms with E-state index in [2.05, 4.69) is 10.3 Å². The Morgan fingerprint density at radius 2 is 2.21 bits per heavy atom. The highest BCUT2D eigenvalue weighted by Gasteiger charge is 2.29. The Bertz CT molecular complexity index is 430. The van der Waals surface area contributed by atoms with Crippen LogP contribution in [0.1, 0.15) is 44.6 Å². The van der Waals surface area contributed by atoms with Crippen molar-refractivity contribution in [1.29, 1.82) is 0 Å². The second-order valence-electron chi connectivity index (χ2n) is 4.93. The van der Waals surface area contributed by atoms with E-state index < -0.39 is 5.97 Å². The van der Waals surface area contributed by atoms with Crippen molar-refractivity contribution >= 4 is 11.9 Å². The number of nitrogens with one attached hydrogen (secondary N) is 1. The molecule has 0 saturated heterocycles. The van der Waals surface area contributed by atoms with Gasteiger partial charge in [-0.15, -0.1) is 0 Å². The maximum absolute atomic E-state index is 11.8. The van der Waals surface area contributed by atoms with Crippen molar-refractivity contribution in [3.8, 4) is 0 Å². The average molecular weight is 265 g/mol. The van der Waals surface area contributed by atoms with Crippen LogP contribution < -0.4 is 5.32 Å². The summed E-state index contributed by atoms with van der Waals surface area (Å²) in [6.07, 6.45) is 9.24. The zero-order valence-corrected chi connectivity index (χ0v) is 10.8. The summed E-state index contributed by atoms with van der Waals surface area (Å²) in [5.41, 5.74) is 0. The SMILES string of the molecule is O=C(O)CCCC(=O)NC1CCCC1n1ccnc1. The molecule has 0 bridgehead atoms. The van der Waals surface area contributed by atoms with Crippen LogP contribution in [0.25, 0.3) is 0 Å². The van der Waals surface area contributed by atoms with Gasteiger partial charge >= 0.3 is 5.97 Å². The smallest absolute Gasteiger partial charge is 0.303 e. The first-order chi connectivity index (χ1) is 9.16. The van der Waals surface area contributed by atoms with E-state index in [1.54, 1.807) is 12.5 Å². The summed E-state index contributed by atoms with van der Waals surface area (Å²) in [6.45, 7) is 0. The molecule has 1 aliphatic rings. The fourth-order valence-corrected chi connectivity index (χ4v) is 2.61. The van der Waals surface area contributed by atoms with Crippen LogP contribution in [0.4, 0.5) is 0 Å². The van der Waals surface area contributed by atoms with Crippen LogP contribution in [-0.2, 0) is 9.59 Å². The molecule has 2 rings (SSSR count). The van der Waals surface area contributed by atoms with E-state index in [0.717, 1.165) is 19.3 Å². The number of hydrogen-bond acceptors (Lipinski definition) is 3. The minimum atomic E-state index is -0.857. The van der Waals surface area contributed by atoms with Gasteiger partial charge in [-0.05, 0) is 25.7 Å².